The van der Waals surface area contributed by atoms with Crippen LogP contribution in [0.2, 0.25) is 0 Å². The van der Waals surface area contributed by atoms with Crippen molar-refractivity contribution in [2.45, 2.75) is 18.9 Å². The molecule has 1 N–H and O–H groups in total. The Balaban J connectivity index is 2.29. The number of hydrogen-bond donors (Lipinski definition) is 1. The lowest BCUT2D eigenvalue weighted by Crippen LogP contribution is -2.31. The van der Waals surface area contributed by atoms with Crippen LogP contribution in [0.3, 0.4) is 0 Å². The molecule has 1 atom stereocenters. The number of carbonyl (C=O) groups excluding carboxylic acids is 1. The molecule has 0 spiro atoms. The first-order chi connectivity index (χ1) is 17.4. The van der Waals surface area contributed by atoms with E-state index in [0.717, 1.165) is 16.7 Å². The molecule has 36 heavy (non-hydrogen) atoms. The molecule has 8 heteroatoms. The summed E-state index contributed by atoms with van der Waals surface area (Å²) < 4.78 is 33.0. The van der Waals surface area contributed by atoms with Crippen molar-refractivity contribution in [3.63, 3.8) is 0 Å². The van der Waals surface area contributed by atoms with Crippen LogP contribution in [-0.2, 0) is 4.79 Å². The minimum atomic E-state index is -0.474. The van der Waals surface area contributed by atoms with E-state index in [9.17, 15) is 4.79 Å². The molecule has 3 aromatic rings. The van der Waals surface area contributed by atoms with Crippen molar-refractivity contribution in [3.05, 3.63) is 71.3 Å². The summed E-state index contributed by atoms with van der Waals surface area (Å²) in [5.41, 5.74) is 2.62. The Kier molecular flexibility index (Phi) is 8.89. The first kappa shape index (κ1) is 26.5. The van der Waals surface area contributed by atoms with Gasteiger partial charge in [-0.3, -0.25) is 4.79 Å². The molecule has 0 saturated carbocycles. The smallest absolute Gasteiger partial charge is 0.217 e. The van der Waals surface area contributed by atoms with Crippen LogP contribution in [0.4, 0.5) is 0 Å². The highest BCUT2D eigenvalue weighted by Gasteiger charge is 2.30. The lowest BCUT2D eigenvalue weighted by Gasteiger charge is -2.30. The molecule has 192 valence electrons. The molecule has 0 aliphatic heterocycles. The van der Waals surface area contributed by atoms with E-state index < -0.39 is 6.04 Å². The van der Waals surface area contributed by atoms with Gasteiger partial charge in [0.15, 0.2) is 34.5 Å². The van der Waals surface area contributed by atoms with Gasteiger partial charge in [0.1, 0.15) is 0 Å². The largest absolute Gasteiger partial charge is 0.493 e. The fraction of sp³-hybridized carbons (Fsp3) is 0.321. The van der Waals surface area contributed by atoms with E-state index in [0.29, 0.717) is 34.5 Å². The Morgan fingerprint density at radius 2 is 0.889 bits per heavy atom. The Hall–Kier alpha value is -4.07. The number of methoxy groups -OCH3 is 6. The standard InChI is InChI=1S/C28H33NO7/c1-17(30)29-28(20-10-13-23(33-4)26(16-20)36-7)27(18-8-11-21(31-2)24(14-18)34-5)19-9-12-22(32-3)25(15-19)35-6/h8-16,27-28H,1-7H3,(H,29,30). The summed E-state index contributed by atoms with van der Waals surface area (Å²) in [5, 5.41) is 3.13. The summed E-state index contributed by atoms with van der Waals surface area (Å²) in [6.45, 7) is 1.49. The fourth-order valence-corrected chi connectivity index (χ4v) is 4.29. The first-order valence-electron chi connectivity index (χ1n) is 11.3. The third-order valence-electron chi connectivity index (χ3n) is 5.99. The van der Waals surface area contributed by atoms with E-state index in [4.69, 9.17) is 28.4 Å². The van der Waals surface area contributed by atoms with E-state index >= 15 is 0 Å². The summed E-state index contributed by atoms with van der Waals surface area (Å²) in [5.74, 6) is 3.00. The van der Waals surface area contributed by atoms with Crippen molar-refractivity contribution >= 4 is 5.91 Å². The highest BCUT2D eigenvalue weighted by Crippen LogP contribution is 2.44. The van der Waals surface area contributed by atoms with E-state index in [1.165, 1.54) is 6.92 Å². The Labute approximate surface area is 212 Å². The van der Waals surface area contributed by atoms with Crippen molar-refractivity contribution in [1.82, 2.24) is 5.32 Å². The Bertz CT molecular complexity index is 1140. The average molecular weight is 496 g/mol. The Morgan fingerprint density at radius 1 is 0.556 bits per heavy atom. The van der Waals surface area contributed by atoms with Gasteiger partial charge in [0.2, 0.25) is 5.91 Å². The first-order valence-corrected chi connectivity index (χ1v) is 11.3. The van der Waals surface area contributed by atoms with Crippen LogP contribution in [0.5, 0.6) is 34.5 Å². The molecule has 0 heterocycles. The van der Waals surface area contributed by atoms with Crippen LogP contribution in [0.25, 0.3) is 0 Å². The number of nitrogens with one attached hydrogen (secondary N) is 1. The zero-order valence-corrected chi connectivity index (χ0v) is 21.7. The lowest BCUT2D eigenvalue weighted by molar-refractivity contribution is -0.119. The molecule has 0 radical (unpaired) electrons. The van der Waals surface area contributed by atoms with Crippen LogP contribution in [0.1, 0.15) is 35.6 Å². The molecule has 0 aromatic heterocycles. The van der Waals surface area contributed by atoms with Crippen LogP contribution in [-0.4, -0.2) is 48.6 Å². The molecular formula is C28H33NO7. The van der Waals surface area contributed by atoms with E-state index in [1.807, 2.05) is 54.6 Å². The van der Waals surface area contributed by atoms with Crippen LogP contribution >= 0.6 is 0 Å². The summed E-state index contributed by atoms with van der Waals surface area (Å²) in [7, 11) is 9.52. The van der Waals surface area contributed by atoms with Crippen LogP contribution < -0.4 is 33.7 Å². The number of hydrogen-bond acceptors (Lipinski definition) is 7. The van der Waals surface area contributed by atoms with Gasteiger partial charge in [-0.2, -0.15) is 0 Å². The molecule has 8 nitrogen and oxygen atoms in total. The number of benzene rings is 3. The van der Waals surface area contributed by atoms with Crippen LogP contribution in [0.15, 0.2) is 54.6 Å². The highest BCUT2D eigenvalue weighted by atomic mass is 16.5. The van der Waals surface area contributed by atoms with Crippen molar-refractivity contribution < 1.29 is 33.2 Å². The molecule has 3 aromatic carbocycles. The van der Waals surface area contributed by atoms with Gasteiger partial charge >= 0.3 is 0 Å². The molecule has 0 bridgehead atoms. The minimum absolute atomic E-state index is 0.180. The van der Waals surface area contributed by atoms with Gasteiger partial charge in [-0.25, -0.2) is 0 Å². The maximum absolute atomic E-state index is 12.5. The summed E-state index contributed by atoms with van der Waals surface area (Å²) in [6.07, 6.45) is 0. The van der Waals surface area contributed by atoms with Gasteiger partial charge in [0.05, 0.1) is 48.7 Å². The van der Waals surface area contributed by atoms with E-state index in [1.54, 1.807) is 42.7 Å². The Morgan fingerprint density at radius 3 is 1.22 bits per heavy atom. The zero-order valence-electron chi connectivity index (χ0n) is 21.7. The van der Waals surface area contributed by atoms with Crippen molar-refractivity contribution in [3.8, 4) is 34.5 Å². The quantitative estimate of drug-likeness (QED) is 0.411. The minimum Gasteiger partial charge on any atom is -0.493 e. The van der Waals surface area contributed by atoms with Crippen LogP contribution in [0, 0.1) is 0 Å². The van der Waals surface area contributed by atoms with Gasteiger partial charge in [0.25, 0.3) is 0 Å². The zero-order chi connectivity index (χ0) is 26.2. The molecule has 0 fully saturated rings. The average Bonchev–Trinajstić information content (AvgIpc) is 2.91. The van der Waals surface area contributed by atoms with Gasteiger partial charge in [-0.15, -0.1) is 0 Å². The number of rotatable bonds is 11. The normalized spacial score (nSPS) is 11.4. The summed E-state index contributed by atoms with van der Waals surface area (Å²) >= 11 is 0. The second-order valence-electron chi connectivity index (χ2n) is 8.00. The fourth-order valence-electron chi connectivity index (χ4n) is 4.29. The summed E-state index contributed by atoms with van der Waals surface area (Å²) in [4.78, 5) is 12.5. The molecule has 0 saturated heterocycles. The molecule has 1 amide bonds. The molecule has 0 aliphatic rings. The number of amides is 1. The van der Waals surface area contributed by atoms with Gasteiger partial charge in [-0.1, -0.05) is 18.2 Å². The third kappa shape index (κ3) is 5.59. The lowest BCUT2D eigenvalue weighted by atomic mass is 9.81. The summed E-state index contributed by atoms with van der Waals surface area (Å²) in [6, 6.07) is 16.6. The molecule has 0 aliphatic carbocycles. The maximum Gasteiger partial charge on any atom is 0.217 e. The SMILES string of the molecule is COc1ccc(C(NC(C)=O)C(c2ccc(OC)c(OC)c2)c2ccc(OC)c(OC)c2)cc1OC. The highest BCUT2D eigenvalue weighted by molar-refractivity contribution is 5.74. The second kappa shape index (κ2) is 12.1. The van der Waals surface area contributed by atoms with Crippen molar-refractivity contribution in [1.29, 1.82) is 0 Å². The predicted molar refractivity (Wildman–Crippen MR) is 137 cm³/mol. The third-order valence-corrected chi connectivity index (χ3v) is 5.99. The predicted octanol–water partition coefficient (Wildman–Crippen LogP) is 4.75. The monoisotopic (exact) mass is 495 g/mol. The topological polar surface area (TPSA) is 84.5 Å². The number of ether oxygens (including phenoxy) is 6. The van der Waals surface area contributed by atoms with Gasteiger partial charge < -0.3 is 33.7 Å². The van der Waals surface area contributed by atoms with Gasteiger partial charge in [-0.05, 0) is 53.1 Å². The maximum atomic E-state index is 12.5. The van der Waals surface area contributed by atoms with E-state index in [2.05, 4.69) is 5.32 Å². The van der Waals surface area contributed by atoms with Crippen molar-refractivity contribution in [2.24, 2.45) is 0 Å². The second-order valence-corrected chi connectivity index (χ2v) is 8.00. The van der Waals surface area contributed by atoms with E-state index in [-0.39, 0.29) is 11.8 Å². The molecule has 1 unspecified atom stereocenters. The van der Waals surface area contributed by atoms with Gasteiger partial charge in [0, 0.05) is 12.8 Å². The number of carbonyl (C=O) groups is 1. The molecule has 3 rings (SSSR count). The van der Waals surface area contributed by atoms with Crippen molar-refractivity contribution in [2.75, 3.05) is 42.7 Å². The molecular weight excluding hydrogens is 462 g/mol.